The third-order valence-corrected chi connectivity index (χ3v) is 9.90. The Morgan fingerprint density at radius 2 is 1.02 bits per heavy atom. The van der Waals surface area contributed by atoms with Crippen LogP contribution in [0.3, 0.4) is 0 Å². The zero-order valence-electron chi connectivity index (χ0n) is 35.6. The fourth-order valence-electron chi connectivity index (χ4n) is 6.49. The van der Waals surface area contributed by atoms with Crippen molar-refractivity contribution in [2.24, 2.45) is 0 Å². The third-order valence-electron chi connectivity index (χ3n) is 9.90. The highest BCUT2D eigenvalue weighted by atomic mass is 17.2. The zero-order valence-corrected chi connectivity index (χ0v) is 35.6. The predicted molar refractivity (Wildman–Crippen MR) is 219 cm³/mol. The Kier molecular flexibility index (Phi) is 41.0. The van der Waals surface area contributed by atoms with Crippen LogP contribution >= 0.6 is 0 Å². The Labute approximate surface area is 331 Å². The second kappa shape index (κ2) is 42.4. The summed E-state index contributed by atoms with van der Waals surface area (Å²) in [6, 6.07) is 0. The van der Waals surface area contributed by atoms with Gasteiger partial charge in [0.1, 0.15) is 6.61 Å². The van der Waals surface area contributed by atoms with Gasteiger partial charge in [-0.2, -0.15) is 0 Å². The van der Waals surface area contributed by atoms with Crippen LogP contribution in [-0.4, -0.2) is 114 Å². The topological polar surface area (TPSA) is 116 Å². The molecule has 0 fully saturated rings. The van der Waals surface area contributed by atoms with Gasteiger partial charge >= 0.3 is 5.97 Å². The first kappa shape index (κ1) is 52.2. The number of hydrogen-bond acceptors (Lipinski definition) is 9. The Hall–Kier alpha value is -1.79. The molecule has 0 aromatic carbocycles. The molecule has 320 valence electrons. The van der Waals surface area contributed by atoms with Crippen molar-refractivity contribution in [1.82, 2.24) is 15.1 Å². The predicted octanol–water partition coefficient (Wildman–Crippen LogP) is 8.81. The lowest BCUT2D eigenvalue weighted by Gasteiger charge is -2.22. The molecule has 54 heavy (non-hydrogen) atoms. The van der Waals surface area contributed by atoms with Crippen LogP contribution in [0.15, 0.2) is 0 Å². The van der Waals surface area contributed by atoms with Crippen LogP contribution in [0.25, 0.3) is 0 Å². The van der Waals surface area contributed by atoms with Gasteiger partial charge in [-0.1, -0.05) is 155 Å². The van der Waals surface area contributed by atoms with E-state index in [2.05, 4.69) is 29.0 Å². The van der Waals surface area contributed by atoms with E-state index in [1.807, 2.05) is 0 Å². The highest BCUT2D eigenvalue weighted by Gasteiger charge is 2.18. The molecule has 1 N–H and O–H groups in total. The molecule has 11 nitrogen and oxygen atoms in total. The first-order valence-corrected chi connectivity index (χ1v) is 22.1. The van der Waals surface area contributed by atoms with Crippen LogP contribution in [0, 0.1) is 0 Å². The summed E-state index contributed by atoms with van der Waals surface area (Å²) in [7, 11) is 2.90. The van der Waals surface area contributed by atoms with E-state index < -0.39 is 5.91 Å². The van der Waals surface area contributed by atoms with E-state index in [0.29, 0.717) is 19.8 Å². The van der Waals surface area contributed by atoms with Crippen LogP contribution in [0.5, 0.6) is 0 Å². The summed E-state index contributed by atoms with van der Waals surface area (Å²) in [6.07, 6.45) is 32.2. The molecule has 0 saturated heterocycles. The van der Waals surface area contributed by atoms with Crippen molar-refractivity contribution in [2.75, 3.05) is 86.5 Å². The molecule has 0 spiro atoms. The summed E-state index contributed by atoms with van der Waals surface area (Å²) in [5, 5.41) is 2.72. The third kappa shape index (κ3) is 37.1. The maximum absolute atomic E-state index is 12.6. The first-order chi connectivity index (χ1) is 26.5. The number of methoxy groups -OCH3 is 1. The maximum Gasteiger partial charge on any atom is 0.307 e. The molecule has 0 bridgehead atoms. The Morgan fingerprint density at radius 1 is 0.537 bits per heavy atom. The van der Waals surface area contributed by atoms with Crippen LogP contribution in [0.1, 0.15) is 174 Å². The molecule has 0 aliphatic heterocycles. The zero-order chi connectivity index (χ0) is 39.6. The number of ether oxygens (including phenoxy) is 3. The summed E-state index contributed by atoms with van der Waals surface area (Å²) in [5.74, 6) is -1.11. The van der Waals surface area contributed by atoms with Crippen molar-refractivity contribution in [2.45, 2.75) is 174 Å². The van der Waals surface area contributed by atoms with Gasteiger partial charge in [0, 0.05) is 26.7 Å². The summed E-state index contributed by atoms with van der Waals surface area (Å²) < 4.78 is 16.0. The second-order valence-electron chi connectivity index (χ2n) is 14.8. The SMILES string of the molecule is CCCCCCCCCCCCCCN(CCCCCCCCCCCCCC)CCOC(=O)CCNC(=O)CN(CCOCCOC)C(=O)COOC. The molecule has 0 saturated carbocycles. The average Bonchev–Trinajstić information content (AvgIpc) is 3.16. The van der Waals surface area contributed by atoms with E-state index in [9.17, 15) is 14.4 Å². The van der Waals surface area contributed by atoms with E-state index in [0.717, 1.165) is 19.6 Å². The number of carbonyl (C=O) groups excluding carboxylic acids is 3. The molecule has 0 rings (SSSR count). The quantitative estimate of drug-likeness (QED) is 0.0281. The number of nitrogens with zero attached hydrogens (tertiary/aromatic N) is 2. The van der Waals surface area contributed by atoms with E-state index in [1.54, 1.807) is 7.11 Å². The highest BCUT2D eigenvalue weighted by molar-refractivity contribution is 5.85. The fourth-order valence-corrected chi connectivity index (χ4v) is 6.49. The standard InChI is InChI=1S/C43H85N3O8/c1-5-7-9-11-13-15-17-19-21-23-25-27-31-45(32-28-26-24-22-20-18-16-14-12-10-8-6-2)33-36-53-43(49)29-30-44-41(47)39-46(42(48)40-54-51-4)34-35-52-38-37-50-3/h5-40H2,1-4H3,(H,44,47). The normalized spacial score (nSPS) is 11.4. The number of hydrogen-bond donors (Lipinski definition) is 1. The largest absolute Gasteiger partial charge is 0.464 e. The minimum atomic E-state index is -0.404. The molecule has 0 unspecified atom stereocenters. The van der Waals surface area contributed by atoms with Crippen molar-refractivity contribution in [3.05, 3.63) is 0 Å². The number of esters is 1. The minimum absolute atomic E-state index is 0.0735. The number of rotatable bonds is 43. The van der Waals surface area contributed by atoms with E-state index in [-0.39, 0.29) is 51.1 Å². The average molecular weight is 772 g/mol. The number of carbonyl (C=O) groups is 3. The maximum atomic E-state index is 12.6. The number of amides is 2. The first-order valence-electron chi connectivity index (χ1n) is 22.1. The monoisotopic (exact) mass is 772 g/mol. The van der Waals surface area contributed by atoms with Crippen molar-refractivity contribution in [3.8, 4) is 0 Å². The molecule has 0 aromatic heterocycles. The van der Waals surface area contributed by atoms with Crippen LogP contribution < -0.4 is 5.32 Å². The van der Waals surface area contributed by atoms with Crippen LogP contribution in [0.2, 0.25) is 0 Å². The summed E-state index contributed by atoms with van der Waals surface area (Å²) >= 11 is 0. The molecule has 0 radical (unpaired) electrons. The minimum Gasteiger partial charge on any atom is -0.464 e. The van der Waals surface area contributed by atoms with Crippen LogP contribution in [0.4, 0.5) is 0 Å². The van der Waals surface area contributed by atoms with Crippen molar-refractivity contribution in [3.63, 3.8) is 0 Å². The van der Waals surface area contributed by atoms with Gasteiger partial charge < -0.3 is 24.4 Å². The van der Waals surface area contributed by atoms with E-state index in [4.69, 9.17) is 19.1 Å². The Balaban J connectivity index is 4.47. The number of nitrogens with one attached hydrogen (secondary N) is 1. The molecule has 0 aliphatic rings. The van der Waals surface area contributed by atoms with Gasteiger partial charge in [0.2, 0.25) is 5.91 Å². The lowest BCUT2D eigenvalue weighted by molar-refractivity contribution is -0.269. The van der Waals surface area contributed by atoms with Crippen LogP contribution in [-0.2, 0) is 38.4 Å². The second-order valence-corrected chi connectivity index (χ2v) is 14.8. The molecular formula is C43H85N3O8. The van der Waals surface area contributed by atoms with Gasteiger partial charge in [-0.15, -0.1) is 0 Å². The molecular weight excluding hydrogens is 686 g/mol. The highest BCUT2D eigenvalue weighted by Crippen LogP contribution is 2.14. The van der Waals surface area contributed by atoms with Gasteiger partial charge in [0.05, 0.1) is 39.9 Å². The molecule has 11 heteroatoms. The molecule has 0 aliphatic carbocycles. The van der Waals surface area contributed by atoms with Crippen molar-refractivity contribution in [1.29, 1.82) is 0 Å². The van der Waals surface area contributed by atoms with E-state index in [1.165, 1.54) is 166 Å². The van der Waals surface area contributed by atoms with Gasteiger partial charge in [0.15, 0.2) is 6.61 Å². The summed E-state index contributed by atoms with van der Waals surface area (Å²) in [4.78, 5) is 50.6. The van der Waals surface area contributed by atoms with Crippen molar-refractivity contribution < 1.29 is 38.4 Å². The van der Waals surface area contributed by atoms with Gasteiger partial charge in [0.25, 0.3) is 5.91 Å². The lowest BCUT2D eigenvalue weighted by atomic mass is 10.0. The molecule has 0 aromatic rings. The van der Waals surface area contributed by atoms with Gasteiger partial charge in [-0.3, -0.25) is 19.3 Å². The smallest absolute Gasteiger partial charge is 0.307 e. The van der Waals surface area contributed by atoms with Gasteiger partial charge in [-0.05, 0) is 25.9 Å². The van der Waals surface area contributed by atoms with Crippen molar-refractivity contribution >= 4 is 17.8 Å². The van der Waals surface area contributed by atoms with Gasteiger partial charge in [-0.25, -0.2) is 9.78 Å². The Bertz CT molecular complexity index is 807. The summed E-state index contributed by atoms with van der Waals surface area (Å²) in [6.45, 7) is 8.66. The summed E-state index contributed by atoms with van der Waals surface area (Å²) in [5.41, 5.74) is 0. The molecule has 0 atom stereocenters. The number of unbranched alkanes of at least 4 members (excludes halogenated alkanes) is 22. The van der Waals surface area contributed by atoms with E-state index >= 15 is 0 Å². The fraction of sp³-hybridized carbons (Fsp3) is 0.930. The molecule has 0 heterocycles. The molecule has 2 amide bonds. The Morgan fingerprint density at radius 3 is 1.48 bits per heavy atom. The lowest BCUT2D eigenvalue weighted by Crippen LogP contribution is -2.44.